The topological polar surface area (TPSA) is 27.7 Å². The van der Waals surface area contributed by atoms with Crippen LogP contribution < -0.4 is 0 Å². The Bertz CT molecular complexity index is 905. The zero-order valence-electron chi connectivity index (χ0n) is 25.8. The minimum atomic E-state index is 0.558. The van der Waals surface area contributed by atoms with E-state index in [1.54, 1.807) is 38.0 Å². The summed E-state index contributed by atoms with van der Waals surface area (Å²) in [7, 11) is 0. The Labute approximate surface area is 250 Å². The van der Waals surface area contributed by atoms with E-state index in [1.807, 2.05) is 0 Å². The van der Waals surface area contributed by atoms with Crippen LogP contribution in [0.15, 0.2) is 38.5 Å². The molecule has 228 valence electrons. The average Bonchev–Trinajstić information content (AvgIpc) is 3.81. The van der Waals surface area contributed by atoms with Crippen molar-refractivity contribution < 1.29 is 14.2 Å². The van der Waals surface area contributed by atoms with Crippen LogP contribution in [0.4, 0.5) is 0 Å². The van der Waals surface area contributed by atoms with Gasteiger partial charge in [-0.25, -0.2) is 0 Å². The van der Waals surface area contributed by atoms with E-state index >= 15 is 0 Å². The number of rotatable bonds is 9. The van der Waals surface area contributed by atoms with Gasteiger partial charge in [0, 0.05) is 5.41 Å². The molecule has 10 aliphatic carbocycles. The Morgan fingerprint density at radius 2 is 1.12 bits per heavy atom. The lowest BCUT2D eigenvalue weighted by atomic mass is 9.50. The molecular weight excluding hydrogens is 504 g/mol. The highest BCUT2D eigenvalue weighted by Crippen LogP contribution is 2.68. The van der Waals surface area contributed by atoms with Gasteiger partial charge in [-0.05, 0) is 167 Å². The molecule has 41 heavy (non-hydrogen) atoms. The molecule has 10 atom stereocenters. The second kappa shape index (κ2) is 12.0. The number of ether oxygens (including phenoxy) is 3. The molecule has 0 aromatic heterocycles. The third-order valence-corrected chi connectivity index (χ3v) is 14.3. The molecular formula is C38H58O3. The van der Waals surface area contributed by atoms with Crippen LogP contribution >= 0.6 is 0 Å². The molecule has 10 unspecified atom stereocenters. The maximum absolute atomic E-state index is 5.48. The predicted molar refractivity (Wildman–Crippen MR) is 166 cm³/mol. The fraction of sp³-hybridized carbons (Fsp3) is 0.842. The summed E-state index contributed by atoms with van der Waals surface area (Å²) in [4.78, 5) is 0. The molecule has 10 fully saturated rings. The van der Waals surface area contributed by atoms with E-state index < -0.39 is 0 Å². The lowest BCUT2D eigenvalue weighted by Crippen LogP contribution is -2.48. The van der Waals surface area contributed by atoms with Crippen LogP contribution in [-0.2, 0) is 14.2 Å². The van der Waals surface area contributed by atoms with Crippen LogP contribution in [0.5, 0.6) is 0 Å². The third-order valence-electron chi connectivity index (χ3n) is 14.3. The molecule has 10 aliphatic rings. The molecule has 0 aromatic carbocycles. The monoisotopic (exact) mass is 562 g/mol. The van der Waals surface area contributed by atoms with Crippen LogP contribution in [0.3, 0.4) is 0 Å². The summed E-state index contributed by atoms with van der Waals surface area (Å²) in [5.41, 5.74) is 0.558. The highest BCUT2D eigenvalue weighted by atomic mass is 16.5. The van der Waals surface area contributed by atoms with Crippen LogP contribution in [-0.4, -0.2) is 19.8 Å². The molecule has 3 nitrogen and oxygen atoms in total. The van der Waals surface area contributed by atoms with Crippen molar-refractivity contribution in [2.75, 3.05) is 19.8 Å². The first kappa shape index (κ1) is 28.4. The summed E-state index contributed by atoms with van der Waals surface area (Å²) < 4.78 is 16.2. The molecule has 0 N–H and O–H groups in total. The molecule has 0 heterocycles. The summed E-state index contributed by atoms with van der Waals surface area (Å²) in [5, 5.41) is 0. The fourth-order valence-corrected chi connectivity index (χ4v) is 13.6. The van der Waals surface area contributed by atoms with E-state index in [9.17, 15) is 0 Å². The first-order valence-electron chi connectivity index (χ1n) is 17.8. The molecule has 0 aliphatic heterocycles. The Morgan fingerprint density at radius 3 is 1.71 bits per heavy atom. The minimum Gasteiger partial charge on any atom is -0.502 e. The van der Waals surface area contributed by atoms with Crippen LogP contribution in [0.2, 0.25) is 0 Å². The maximum atomic E-state index is 5.48. The fourth-order valence-electron chi connectivity index (χ4n) is 13.6. The third kappa shape index (κ3) is 5.55. The summed E-state index contributed by atoms with van der Waals surface area (Å²) in [6.07, 6.45) is 27.2. The van der Waals surface area contributed by atoms with Crippen molar-refractivity contribution in [3.8, 4) is 0 Å². The first-order valence-corrected chi connectivity index (χ1v) is 17.8. The second-order valence-corrected chi connectivity index (χ2v) is 16.5. The van der Waals surface area contributed by atoms with Gasteiger partial charge in [0.05, 0.1) is 38.6 Å². The van der Waals surface area contributed by atoms with Gasteiger partial charge in [0.25, 0.3) is 0 Å². The molecule has 0 spiro atoms. The number of fused-ring (bicyclic) bond motifs is 11. The maximum Gasteiger partial charge on any atom is 0.0929 e. The van der Waals surface area contributed by atoms with Crippen molar-refractivity contribution in [1.29, 1.82) is 0 Å². The number of hydrogen-bond acceptors (Lipinski definition) is 3. The van der Waals surface area contributed by atoms with Crippen molar-refractivity contribution in [3.05, 3.63) is 38.5 Å². The molecule has 0 radical (unpaired) electrons. The standard InChI is InChI=1S/C15H22O.C13H20O.C10H16O/c1-2-16-8-12-6-11-7-13(12)15-10-4-3-9(5-10)14(11)15;1-2-14-9-13-6-10-3-11(7-13)5-12(4-10)8-13;1-2-11-7-10-6-8-3-4-9(10)5-8/h2,9-15H,1,3-8H2;2,10-12H,1,3-9H2;2,8-10H,1,3-7H2. The molecule has 10 saturated carbocycles. The van der Waals surface area contributed by atoms with Gasteiger partial charge in [0.15, 0.2) is 0 Å². The van der Waals surface area contributed by atoms with E-state index in [0.29, 0.717) is 5.41 Å². The quantitative estimate of drug-likeness (QED) is 0.207. The highest BCUT2D eigenvalue weighted by Gasteiger charge is 2.62. The Morgan fingerprint density at radius 1 is 0.512 bits per heavy atom. The smallest absolute Gasteiger partial charge is 0.0929 e. The lowest BCUT2D eigenvalue weighted by molar-refractivity contribution is -0.0821. The highest BCUT2D eigenvalue weighted by molar-refractivity contribution is 5.10. The van der Waals surface area contributed by atoms with Crippen molar-refractivity contribution >= 4 is 0 Å². The minimum absolute atomic E-state index is 0.558. The van der Waals surface area contributed by atoms with Crippen molar-refractivity contribution in [2.24, 2.45) is 82.3 Å². The Balaban J connectivity index is 0.000000103. The first-order chi connectivity index (χ1) is 20.1. The van der Waals surface area contributed by atoms with E-state index in [-0.39, 0.29) is 0 Å². The average molecular weight is 563 g/mol. The SMILES string of the molecule is C=COCC12CC3CC(CC(C3)C1)C2.C=COCC1CC2CC1C1C3CCC(C3)C21.C=COCC1CC2CCC1C2. The van der Waals surface area contributed by atoms with Gasteiger partial charge < -0.3 is 14.2 Å². The molecule has 10 rings (SSSR count). The molecule has 0 amide bonds. The van der Waals surface area contributed by atoms with Crippen LogP contribution in [0, 0.1) is 82.3 Å². The van der Waals surface area contributed by atoms with Crippen LogP contribution in [0.25, 0.3) is 0 Å². The van der Waals surface area contributed by atoms with Gasteiger partial charge in [-0.15, -0.1) is 0 Å². The zero-order valence-corrected chi connectivity index (χ0v) is 25.8. The van der Waals surface area contributed by atoms with E-state index in [0.717, 1.165) is 96.8 Å². The lowest BCUT2D eigenvalue weighted by Gasteiger charge is -2.56. The van der Waals surface area contributed by atoms with Gasteiger partial charge in [-0.1, -0.05) is 26.2 Å². The van der Waals surface area contributed by atoms with Gasteiger partial charge in [-0.3, -0.25) is 0 Å². The van der Waals surface area contributed by atoms with Crippen molar-refractivity contribution in [3.63, 3.8) is 0 Å². The second-order valence-electron chi connectivity index (χ2n) is 16.5. The van der Waals surface area contributed by atoms with E-state index in [4.69, 9.17) is 14.2 Å². The zero-order chi connectivity index (χ0) is 28.0. The van der Waals surface area contributed by atoms with Gasteiger partial charge in [0.2, 0.25) is 0 Å². The van der Waals surface area contributed by atoms with Crippen LogP contribution in [0.1, 0.15) is 96.3 Å². The normalized spacial score (nSPS) is 49.9. The molecule has 0 saturated heterocycles. The van der Waals surface area contributed by atoms with Gasteiger partial charge >= 0.3 is 0 Å². The summed E-state index contributed by atoms with van der Waals surface area (Å²) in [5.74, 6) is 13.4. The van der Waals surface area contributed by atoms with E-state index in [2.05, 4.69) is 19.7 Å². The molecule has 10 bridgehead atoms. The van der Waals surface area contributed by atoms with Crippen molar-refractivity contribution in [1.82, 2.24) is 0 Å². The number of hydrogen-bond donors (Lipinski definition) is 0. The Hall–Kier alpha value is -1.38. The van der Waals surface area contributed by atoms with E-state index in [1.165, 1.54) is 77.0 Å². The summed E-state index contributed by atoms with van der Waals surface area (Å²) in [6.45, 7) is 13.7. The summed E-state index contributed by atoms with van der Waals surface area (Å²) >= 11 is 0. The summed E-state index contributed by atoms with van der Waals surface area (Å²) in [6, 6.07) is 0. The molecule has 0 aromatic rings. The van der Waals surface area contributed by atoms with Gasteiger partial charge in [-0.2, -0.15) is 0 Å². The van der Waals surface area contributed by atoms with Crippen molar-refractivity contribution in [2.45, 2.75) is 96.3 Å². The Kier molecular flexibility index (Phi) is 8.28. The largest absolute Gasteiger partial charge is 0.502 e. The predicted octanol–water partition coefficient (Wildman–Crippen LogP) is 9.41. The molecule has 3 heteroatoms. The van der Waals surface area contributed by atoms with Gasteiger partial charge in [0.1, 0.15) is 0 Å².